The molecule has 8 heteroatoms. The van der Waals surface area contributed by atoms with Crippen molar-refractivity contribution in [2.24, 2.45) is 0 Å². The molecular weight excluding hydrogens is 428 g/mol. The van der Waals surface area contributed by atoms with Gasteiger partial charge in [0.15, 0.2) is 17.3 Å². The van der Waals surface area contributed by atoms with Crippen LogP contribution < -0.4 is 9.47 Å². The third-order valence-corrected chi connectivity index (χ3v) is 7.49. The SMILES string of the molecule is c1ccc([C@H](c2nnnn2Cc2ccc3c(c2)OCO3)N2CCN(C3CCCCC3)CC2)cc1. The first kappa shape index (κ1) is 21.6. The molecule has 1 aromatic heterocycles. The van der Waals surface area contributed by atoms with Gasteiger partial charge in [-0.1, -0.05) is 55.7 Å². The zero-order chi connectivity index (χ0) is 22.7. The zero-order valence-corrected chi connectivity index (χ0v) is 19.6. The van der Waals surface area contributed by atoms with E-state index in [1.54, 1.807) is 0 Å². The molecule has 0 bridgehead atoms. The van der Waals surface area contributed by atoms with Gasteiger partial charge >= 0.3 is 0 Å². The Labute approximate surface area is 200 Å². The van der Waals surface area contributed by atoms with E-state index in [2.05, 4.69) is 61.7 Å². The van der Waals surface area contributed by atoms with Gasteiger partial charge in [-0.3, -0.25) is 9.80 Å². The molecule has 1 saturated carbocycles. The second-order valence-corrected chi connectivity index (χ2v) is 9.56. The topological polar surface area (TPSA) is 68.5 Å². The number of benzene rings is 2. The number of piperazine rings is 1. The number of aromatic nitrogens is 4. The minimum absolute atomic E-state index is 0.0266. The standard InChI is InChI=1S/C26H32N6O2/c1-3-7-21(8-4-1)25(31-15-13-30(14-16-31)22-9-5-2-6-10-22)26-27-28-29-32(26)18-20-11-12-23-24(17-20)34-19-33-23/h1,3-4,7-8,11-12,17,22,25H,2,5-6,9-10,13-16,18-19H2/t25-/m1/s1. The lowest BCUT2D eigenvalue weighted by atomic mass is 9.93. The van der Waals surface area contributed by atoms with Gasteiger partial charge in [-0.25, -0.2) is 4.68 Å². The van der Waals surface area contributed by atoms with Crippen molar-refractivity contribution in [1.82, 2.24) is 30.0 Å². The van der Waals surface area contributed by atoms with Crippen LogP contribution in [0.25, 0.3) is 0 Å². The molecule has 6 rings (SSSR count). The Balaban J connectivity index is 1.24. The summed E-state index contributed by atoms with van der Waals surface area (Å²) in [6.45, 7) is 5.12. The van der Waals surface area contributed by atoms with Crippen molar-refractivity contribution in [3.05, 3.63) is 65.5 Å². The molecule has 1 atom stereocenters. The van der Waals surface area contributed by atoms with Crippen LogP contribution in [0.5, 0.6) is 11.5 Å². The number of tetrazole rings is 1. The molecule has 0 radical (unpaired) electrons. The fourth-order valence-corrected chi connectivity index (χ4v) is 5.70. The lowest BCUT2D eigenvalue weighted by Crippen LogP contribution is -2.52. The third kappa shape index (κ3) is 4.40. The summed E-state index contributed by atoms with van der Waals surface area (Å²) < 4.78 is 13.0. The Hall–Kier alpha value is -2.97. The molecule has 3 aliphatic rings. The predicted molar refractivity (Wildman–Crippen MR) is 128 cm³/mol. The van der Waals surface area contributed by atoms with E-state index in [1.165, 1.54) is 37.7 Å². The van der Waals surface area contributed by atoms with Gasteiger partial charge in [-0.2, -0.15) is 0 Å². The van der Waals surface area contributed by atoms with Crippen molar-refractivity contribution in [2.75, 3.05) is 33.0 Å². The average Bonchev–Trinajstić information content (AvgIpc) is 3.55. The molecule has 0 unspecified atom stereocenters. The van der Waals surface area contributed by atoms with Crippen LogP contribution >= 0.6 is 0 Å². The molecule has 0 amide bonds. The first-order valence-corrected chi connectivity index (χ1v) is 12.5. The van der Waals surface area contributed by atoms with Gasteiger partial charge in [-0.15, -0.1) is 5.10 Å². The first-order chi connectivity index (χ1) is 16.8. The van der Waals surface area contributed by atoms with Crippen molar-refractivity contribution in [2.45, 2.75) is 50.7 Å². The molecule has 178 valence electrons. The number of rotatable bonds is 6. The monoisotopic (exact) mass is 460 g/mol. The highest BCUT2D eigenvalue weighted by Crippen LogP contribution is 2.34. The second kappa shape index (κ2) is 9.72. The summed E-state index contributed by atoms with van der Waals surface area (Å²) >= 11 is 0. The van der Waals surface area contributed by atoms with Crippen molar-refractivity contribution in [3.8, 4) is 11.5 Å². The summed E-state index contributed by atoms with van der Waals surface area (Å²) in [5, 5.41) is 13.0. The Morgan fingerprint density at radius 1 is 0.882 bits per heavy atom. The smallest absolute Gasteiger partial charge is 0.231 e. The Morgan fingerprint density at radius 2 is 1.68 bits per heavy atom. The maximum absolute atomic E-state index is 5.56. The number of fused-ring (bicyclic) bond motifs is 1. The largest absolute Gasteiger partial charge is 0.454 e. The van der Waals surface area contributed by atoms with E-state index in [-0.39, 0.29) is 12.8 Å². The van der Waals surface area contributed by atoms with E-state index >= 15 is 0 Å². The van der Waals surface area contributed by atoms with Crippen molar-refractivity contribution in [1.29, 1.82) is 0 Å². The molecule has 3 heterocycles. The van der Waals surface area contributed by atoms with Crippen molar-refractivity contribution >= 4 is 0 Å². The maximum Gasteiger partial charge on any atom is 0.231 e. The summed E-state index contributed by atoms with van der Waals surface area (Å²) in [6, 6.07) is 17.5. The van der Waals surface area contributed by atoms with Gasteiger partial charge in [0.05, 0.1) is 12.6 Å². The van der Waals surface area contributed by atoms with Crippen LogP contribution in [0.3, 0.4) is 0 Å². The van der Waals surface area contributed by atoms with Crippen LogP contribution in [-0.4, -0.2) is 69.0 Å². The number of nitrogens with zero attached hydrogens (tertiary/aromatic N) is 6. The second-order valence-electron chi connectivity index (χ2n) is 9.56. The predicted octanol–water partition coefficient (Wildman–Crippen LogP) is 3.49. The minimum Gasteiger partial charge on any atom is -0.454 e. The van der Waals surface area contributed by atoms with Crippen LogP contribution in [0.2, 0.25) is 0 Å². The lowest BCUT2D eigenvalue weighted by Gasteiger charge is -2.43. The van der Waals surface area contributed by atoms with Crippen LogP contribution in [0.4, 0.5) is 0 Å². The van der Waals surface area contributed by atoms with E-state index in [9.17, 15) is 0 Å². The highest BCUT2D eigenvalue weighted by Gasteiger charge is 2.32. The van der Waals surface area contributed by atoms with E-state index in [0.717, 1.165) is 55.1 Å². The fraction of sp³-hybridized carbons (Fsp3) is 0.500. The minimum atomic E-state index is 0.0266. The molecule has 2 aliphatic heterocycles. The van der Waals surface area contributed by atoms with E-state index in [0.29, 0.717) is 6.54 Å². The number of ether oxygens (including phenoxy) is 2. The maximum atomic E-state index is 5.56. The molecule has 8 nitrogen and oxygen atoms in total. The lowest BCUT2D eigenvalue weighted by molar-refractivity contribution is 0.0620. The summed E-state index contributed by atoms with van der Waals surface area (Å²) in [4.78, 5) is 5.27. The fourth-order valence-electron chi connectivity index (χ4n) is 5.70. The number of hydrogen-bond donors (Lipinski definition) is 0. The van der Waals surface area contributed by atoms with Gasteiger partial charge < -0.3 is 9.47 Å². The summed E-state index contributed by atoms with van der Waals surface area (Å²) in [6.07, 6.45) is 6.88. The van der Waals surface area contributed by atoms with Gasteiger partial charge in [0.1, 0.15) is 0 Å². The van der Waals surface area contributed by atoms with Gasteiger partial charge in [0, 0.05) is 32.2 Å². The Morgan fingerprint density at radius 3 is 2.50 bits per heavy atom. The van der Waals surface area contributed by atoms with Gasteiger partial charge in [0.2, 0.25) is 6.79 Å². The van der Waals surface area contributed by atoms with E-state index in [4.69, 9.17) is 9.47 Å². The number of hydrogen-bond acceptors (Lipinski definition) is 7. The first-order valence-electron chi connectivity index (χ1n) is 12.5. The van der Waals surface area contributed by atoms with E-state index < -0.39 is 0 Å². The Bertz CT molecular complexity index is 1090. The normalized spacial score (nSPS) is 20.5. The van der Waals surface area contributed by atoms with Crippen molar-refractivity contribution in [3.63, 3.8) is 0 Å². The van der Waals surface area contributed by atoms with Crippen LogP contribution in [0, 0.1) is 0 Å². The van der Waals surface area contributed by atoms with Gasteiger partial charge in [0.25, 0.3) is 0 Å². The van der Waals surface area contributed by atoms with Crippen molar-refractivity contribution < 1.29 is 9.47 Å². The highest BCUT2D eigenvalue weighted by atomic mass is 16.7. The molecule has 2 fully saturated rings. The Kier molecular flexibility index (Phi) is 6.16. The molecule has 3 aromatic rings. The molecular formula is C26H32N6O2. The van der Waals surface area contributed by atoms with Crippen LogP contribution in [0.1, 0.15) is 55.1 Å². The van der Waals surface area contributed by atoms with Crippen LogP contribution in [0.15, 0.2) is 48.5 Å². The van der Waals surface area contributed by atoms with Gasteiger partial charge in [-0.05, 0) is 46.5 Å². The molecule has 0 spiro atoms. The zero-order valence-electron chi connectivity index (χ0n) is 19.6. The molecule has 2 aromatic carbocycles. The molecule has 0 N–H and O–H groups in total. The van der Waals surface area contributed by atoms with E-state index in [1.807, 2.05) is 16.8 Å². The quantitative estimate of drug-likeness (QED) is 0.558. The molecule has 1 saturated heterocycles. The third-order valence-electron chi connectivity index (χ3n) is 7.49. The van der Waals surface area contributed by atoms with Crippen LogP contribution in [-0.2, 0) is 6.54 Å². The average molecular weight is 461 g/mol. The summed E-state index contributed by atoms with van der Waals surface area (Å²) in [7, 11) is 0. The highest BCUT2D eigenvalue weighted by molar-refractivity contribution is 5.44. The summed E-state index contributed by atoms with van der Waals surface area (Å²) in [5.74, 6) is 2.46. The molecule has 34 heavy (non-hydrogen) atoms. The molecule has 1 aliphatic carbocycles. The summed E-state index contributed by atoms with van der Waals surface area (Å²) in [5.41, 5.74) is 2.32.